The van der Waals surface area contributed by atoms with E-state index in [0.717, 1.165) is 0 Å². The number of hydrogen-bond acceptors (Lipinski definition) is 4. The van der Waals surface area contributed by atoms with Gasteiger partial charge in [0.25, 0.3) is 0 Å². The molecule has 8 heteroatoms. The minimum Gasteiger partial charge on any atom is -0.261 e. The fraction of sp³-hybridized carbons (Fsp3) is 0.0588. The van der Waals surface area contributed by atoms with Crippen molar-refractivity contribution in [3.8, 4) is 0 Å². The van der Waals surface area contributed by atoms with Gasteiger partial charge < -0.3 is 0 Å². The first-order valence-electron chi connectivity index (χ1n) is 7.44. The van der Waals surface area contributed by atoms with Gasteiger partial charge in [0, 0.05) is 0 Å². The van der Waals surface area contributed by atoms with Crippen LogP contribution < -0.4 is 0 Å². The quantitative estimate of drug-likeness (QED) is 0.621. The summed E-state index contributed by atoms with van der Waals surface area (Å²) < 4.78 is 28.6. The largest absolute Gasteiger partial charge is 0.261 e. The number of H-pyrrole nitrogens is 1. The molecule has 124 valence electrons. The molecule has 0 aliphatic rings. The number of nitrogens with zero attached hydrogens (tertiary/aromatic N) is 5. The summed E-state index contributed by atoms with van der Waals surface area (Å²) in [5.74, 6) is -0.294. The first kappa shape index (κ1) is 15.1. The van der Waals surface area contributed by atoms with Gasteiger partial charge in [-0.05, 0) is 35.4 Å². The van der Waals surface area contributed by atoms with Crippen molar-refractivity contribution in [3.05, 3.63) is 96.1 Å². The summed E-state index contributed by atoms with van der Waals surface area (Å²) in [7, 11) is 0. The maximum atomic E-state index is 13.5. The van der Waals surface area contributed by atoms with Crippen LogP contribution in [0, 0.1) is 11.6 Å². The number of benzene rings is 2. The summed E-state index contributed by atoms with van der Waals surface area (Å²) >= 11 is 0. The third-order valence-corrected chi connectivity index (χ3v) is 4.04. The van der Waals surface area contributed by atoms with Crippen LogP contribution in [0.3, 0.4) is 0 Å². The Morgan fingerprint density at radius 1 is 0.840 bits per heavy atom. The van der Waals surface area contributed by atoms with Crippen LogP contribution in [0.4, 0.5) is 8.78 Å². The molecule has 0 atom stereocenters. The van der Waals surface area contributed by atoms with E-state index in [1.807, 2.05) is 0 Å². The number of halogens is 2. The lowest BCUT2D eigenvalue weighted by atomic mass is 9.82. The van der Waals surface area contributed by atoms with E-state index >= 15 is 0 Å². The van der Waals surface area contributed by atoms with E-state index in [2.05, 4.69) is 25.3 Å². The van der Waals surface area contributed by atoms with Gasteiger partial charge in [-0.3, -0.25) is 5.10 Å². The smallest absolute Gasteiger partial charge is 0.173 e. The summed E-state index contributed by atoms with van der Waals surface area (Å²) in [5.41, 5.74) is 0.236. The molecule has 0 spiro atoms. The van der Waals surface area contributed by atoms with Gasteiger partial charge in [0.1, 0.15) is 30.6 Å². The third kappa shape index (κ3) is 2.38. The number of aromatic nitrogens is 6. The lowest BCUT2D eigenvalue weighted by molar-refractivity contribution is 0.434. The van der Waals surface area contributed by atoms with Gasteiger partial charge >= 0.3 is 0 Å². The van der Waals surface area contributed by atoms with Crippen molar-refractivity contribution in [1.82, 2.24) is 29.9 Å². The van der Waals surface area contributed by atoms with Gasteiger partial charge in [-0.1, -0.05) is 24.3 Å². The SMILES string of the molecule is Fc1ccc(C(c2ccc(F)cc2)(c2ncn[nH]2)n2cncn2)cc1. The van der Waals surface area contributed by atoms with Crippen LogP contribution in [-0.4, -0.2) is 29.9 Å². The maximum Gasteiger partial charge on any atom is 0.173 e. The van der Waals surface area contributed by atoms with Crippen molar-refractivity contribution >= 4 is 0 Å². The van der Waals surface area contributed by atoms with Crippen molar-refractivity contribution in [3.63, 3.8) is 0 Å². The lowest BCUT2D eigenvalue weighted by Crippen LogP contribution is -2.39. The first-order valence-corrected chi connectivity index (χ1v) is 7.44. The van der Waals surface area contributed by atoms with E-state index in [9.17, 15) is 8.78 Å². The average molecular weight is 338 g/mol. The molecule has 2 heterocycles. The van der Waals surface area contributed by atoms with Crippen LogP contribution >= 0.6 is 0 Å². The second-order valence-electron chi connectivity index (χ2n) is 5.40. The third-order valence-electron chi connectivity index (χ3n) is 4.04. The molecule has 0 aliphatic carbocycles. The van der Waals surface area contributed by atoms with Crippen LogP contribution in [0.15, 0.2) is 67.5 Å². The normalized spacial score (nSPS) is 11.6. The molecule has 25 heavy (non-hydrogen) atoms. The molecule has 0 unspecified atom stereocenters. The minimum atomic E-state index is -1.10. The molecule has 4 aromatic rings. The number of rotatable bonds is 4. The summed E-state index contributed by atoms with van der Waals surface area (Å²) in [6, 6.07) is 11.9. The molecule has 0 fully saturated rings. The van der Waals surface area contributed by atoms with E-state index in [-0.39, 0.29) is 11.6 Å². The van der Waals surface area contributed by atoms with Gasteiger partial charge in [0.05, 0.1) is 0 Å². The van der Waals surface area contributed by atoms with Gasteiger partial charge in [-0.25, -0.2) is 23.4 Å². The Morgan fingerprint density at radius 3 is 1.88 bits per heavy atom. The number of nitrogens with one attached hydrogen (secondary N) is 1. The molecule has 0 aliphatic heterocycles. The molecule has 1 N–H and O–H groups in total. The molecule has 0 radical (unpaired) electrons. The highest BCUT2D eigenvalue weighted by Crippen LogP contribution is 2.38. The van der Waals surface area contributed by atoms with Gasteiger partial charge in [0.15, 0.2) is 11.4 Å². The molecule has 2 aromatic carbocycles. The van der Waals surface area contributed by atoms with E-state index in [1.165, 1.54) is 43.2 Å². The predicted octanol–water partition coefficient (Wildman–Crippen LogP) is 2.51. The highest BCUT2D eigenvalue weighted by Gasteiger charge is 2.42. The van der Waals surface area contributed by atoms with Crippen molar-refractivity contribution in [1.29, 1.82) is 0 Å². The Balaban J connectivity index is 2.08. The summed E-state index contributed by atoms with van der Waals surface area (Å²) in [6.07, 6.45) is 4.28. The zero-order valence-electron chi connectivity index (χ0n) is 12.8. The molecular weight excluding hydrogens is 326 g/mol. The van der Waals surface area contributed by atoms with Gasteiger partial charge in [-0.15, -0.1) is 0 Å². The summed E-state index contributed by atoms with van der Waals surface area (Å²) in [4.78, 5) is 8.33. The number of aromatic amines is 1. The Labute approximate surface area is 141 Å². The topological polar surface area (TPSA) is 72.3 Å². The van der Waals surface area contributed by atoms with Crippen LogP contribution in [0.25, 0.3) is 0 Å². The molecule has 6 nitrogen and oxygen atoms in total. The Morgan fingerprint density at radius 2 is 1.44 bits per heavy atom. The molecule has 0 bridgehead atoms. The molecule has 0 saturated carbocycles. The van der Waals surface area contributed by atoms with E-state index in [4.69, 9.17) is 0 Å². The van der Waals surface area contributed by atoms with Crippen molar-refractivity contribution in [2.45, 2.75) is 5.54 Å². The molecule has 0 saturated heterocycles. The highest BCUT2D eigenvalue weighted by atomic mass is 19.1. The van der Waals surface area contributed by atoms with Crippen molar-refractivity contribution in [2.75, 3.05) is 0 Å². The van der Waals surface area contributed by atoms with Crippen LogP contribution in [-0.2, 0) is 5.54 Å². The highest BCUT2D eigenvalue weighted by molar-refractivity contribution is 5.45. The molecule has 2 aromatic heterocycles. The second kappa shape index (κ2) is 5.90. The monoisotopic (exact) mass is 338 g/mol. The summed E-state index contributed by atoms with van der Waals surface area (Å²) in [6.45, 7) is 0. The van der Waals surface area contributed by atoms with Crippen molar-refractivity contribution in [2.24, 2.45) is 0 Å². The molecule has 0 amide bonds. The summed E-state index contributed by atoms with van der Waals surface area (Å²) in [5, 5.41) is 11.1. The first-order chi connectivity index (χ1) is 12.2. The standard InChI is InChI=1S/C17H12F2N6/c18-14-5-1-12(2-6-14)17(16-21-10-22-24-16,25-11-20-9-23-25)13-3-7-15(19)8-4-13/h1-11H,(H,21,22,24). The molecule has 4 rings (SSSR count). The Bertz CT molecular complexity index is 866. The molecular formula is C17H12F2N6. The second-order valence-corrected chi connectivity index (χ2v) is 5.40. The number of hydrogen-bond donors (Lipinski definition) is 1. The minimum absolute atomic E-state index is 0.368. The van der Waals surface area contributed by atoms with Crippen LogP contribution in [0.1, 0.15) is 17.0 Å². The van der Waals surface area contributed by atoms with Crippen LogP contribution in [0.2, 0.25) is 0 Å². The van der Waals surface area contributed by atoms with Crippen LogP contribution in [0.5, 0.6) is 0 Å². The van der Waals surface area contributed by atoms with E-state index < -0.39 is 5.54 Å². The zero-order chi connectivity index (χ0) is 17.3. The van der Waals surface area contributed by atoms with Gasteiger partial charge in [0.2, 0.25) is 0 Å². The average Bonchev–Trinajstić information content (AvgIpc) is 3.33. The Kier molecular flexibility index (Phi) is 3.57. The van der Waals surface area contributed by atoms with Crippen molar-refractivity contribution < 1.29 is 8.78 Å². The fourth-order valence-electron chi connectivity index (χ4n) is 2.96. The predicted molar refractivity (Wildman–Crippen MR) is 84.5 cm³/mol. The maximum absolute atomic E-state index is 13.5. The van der Waals surface area contributed by atoms with Gasteiger partial charge in [-0.2, -0.15) is 10.2 Å². The van der Waals surface area contributed by atoms with E-state index in [1.54, 1.807) is 28.9 Å². The fourth-order valence-corrected chi connectivity index (χ4v) is 2.96. The zero-order valence-corrected chi connectivity index (χ0v) is 12.8. The van der Waals surface area contributed by atoms with E-state index in [0.29, 0.717) is 17.0 Å². The Hall–Kier alpha value is -3.42. The lowest BCUT2D eigenvalue weighted by Gasteiger charge is -2.32.